The largest absolute Gasteiger partial charge is 0.385 e. The number of nitrogens with one attached hydrogen (secondary N) is 1. The van der Waals surface area contributed by atoms with Crippen molar-refractivity contribution < 1.29 is 4.79 Å². The number of amides is 1. The third kappa shape index (κ3) is 4.16. The number of rotatable bonds is 4. The molecular weight excluding hydrogens is 280 g/mol. The lowest BCUT2D eigenvalue weighted by Crippen LogP contribution is -2.46. The molecule has 0 atom stereocenters. The van der Waals surface area contributed by atoms with Crippen molar-refractivity contribution in [3.63, 3.8) is 0 Å². The van der Waals surface area contributed by atoms with Crippen LogP contribution in [-0.4, -0.2) is 40.9 Å². The molecule has 0 spiro atoms. The van der Waals surface area contributed by atoms with Crippen LogP contribution in [0.15, 0.2) is 18.2 Å². The summed E-state index contributed by atoms with van der Waals surface area (Å²) in [6.45, 7) is 11.3. The number of hydrogen-bond donors (Lipinski definition) is 1. The summed E-state index contributed by atoms with van der Waals surface area (Å²) >= 11 is 1.95. The minimum atomic E-state index is 0.158. The lowest BCUT2D eigenvalue weighted by molar-refractivity contribution is 0.0748. The molecule has 1 aromatic carbocycles. The van der Waals surface area contributed by atoms with Crippen molar-refractivity contribution >= 4 is 23.4 Å². The van der Waals surface area contributed by atoms with E-state index >= 15 is 0 Å². The fourth-order valence-corrected chi connectivity index (χ4v) is 3.74. The van der Waals surface area contributed by atoms with Gasteiger partial charge >= 0.3 is 0 Å². The van der Waals surface area contributed by atoms with E-state index in [0.717, 1.165) is 48.6 Å². The van der Waals surface area contributed by atoms with Crippen LogP contribution in [0.4, 0.5) is 5.69 Å². The van der Waals surface area contributed by atoms with Gasteiger partial charge in [0.25, 0.3) is 5.91 Å². The van der Waals surface area contributed by atoms with Crippen LogP contribution in [0.2, 0.25) is 0 Å². The van der Waals surface area contributed by atoms with Gasteiger partial charge in [-0.15, -0.1) is 0 Å². The monoisotopic (exact) mass is 306 g/mol. The van der Waals surface area contributed by atoms with Gasteiger partial charge in [0.1, 0.15) is 0 Å². The maximum atomic E-state index is 12.7. The third-order valence-corrected chi connectivity index (χ3v) is 5.05. The van der Waals surface area contributed by atoms with Gasteiger partial charge in [-0.25, -0.2) is 0 Å². The average molecular weight is 306 g/mol. The maximum Gasteiger partial charge on any atom is 0.253 e. The van der Waals surface area contributed by atoms with Gasteiger partial charge in [-0.3, -0.25) is 4.79 Å². The zero-order valence-corrected chi connectivity index (χ0v) is 14.3. The second kappa shape index (κ2) is 6.73. The van der Waals surface area contributed by atoms with Crippen molar-refractivity contribution in [1.82, 2.24) is 4.90 Å². The van der Waals surface area contributed by atoms with E-state index in [2.05, 4.69) is 33.0 Å². The van der Waals surface area contributed by atoms with Crippen LogP contribution in [0.5, 0.6) is 0 Å². The average Bonchev–Trinajstić information content (AvgIpc) is 2.44. The van der Waals surface area contributed by atoms with Crippen LogP contribution in [0.1, 0.15) is 43.1 Å². The van der Waals surface area contributed by atoms with E-state index in [0.29, 0.717) is 0 Å². The van der Waals surface area contributed by atoms with Gasteiger partial charge in [-0.2, -0.15) is 11.8 Å². The fraction of sp³-hybridized carbons (Fsp3) is 0.588. The van der Waals surface area contributed by atoms with Crippen molar-refractivity contribution in [2.24, 2.45) is 0 Å². The Balaban J connectivity index is 2.10. The summed E-state index contributed by atoms with van der Waals surface area (Å²) in [5, 5.41) is 3.39. The van der Waals surface area contributed by atoms with Crippen LogP contribution >= 0.6 is 11.8 Å². The number of carbonyl (C=O) groups excluding carboxylic acids is 1. The molecule has 0 aliphatic carbocycles. The third-order valence-electron chi connectivity index (χ3n) is 3.75. The van der Waals surface area contributed by atoms with Gasteiger partial charge < -0.3 is 10.2 Å². The second-order valence-corrected chi connectivity index (χ2v) is 8.09. The molecule has 4 heteroatoms. The second-order valence-electron chi connectivity index (χ2n) is 6.29. The van der Waals surface area contributed by atoms with Gasteiger partial charge in [-0.1, -0.05) is 6.92 Å². The predicted octanol–water partition coefficient (Wildman–Crippen LogP) is 3.78. The first-order valence-corrected chi connectivity index (χ1v) is 8.69. The minimum absolute atomic E-state index is 0.158. The molecule has 116 valence electrons. The summed E-state index contributed by atoms with van der Waals surface area (Å²) < 4.78 is 0.158. The van der Waals surface area contributed by atoms with E-state index < -0.39 is 0 Å². The molecule has 0 unspecified atom stereocenters. The molecule has 0 aromatic heterocycles. The highest BCUT2D eigenvalue weighted by Gasteiger charge is 2.30. The zero-order valence-electron chi connectivity index (χ0n) is 13.5. The number of thioether (sulfide) groups is 1. The molecule has 1 aliphatic rings. The summed E-state index contributed by atoms with van der Waals surface area (Å²) in [6.07, 6.45) is 1.10. The van der Waals surface area contributed by atoms with Gasteiger partial charge in [0.05, 0.1) is 0 Å². The van der Waals surface area contributed by atoms with E-state index in [-0.39, 0.29) is 10.7 Å². The molecule has 1 N–H and O–H groups in total. The first-order valence-electron chi connectivity index (χ1n) is 7.71. The highest BCUT2D eigenvalue weighted by molar-refractivity contribution is 8.00. The predicted molar refractivity (Wildman–Crippen MR) is 92.4 cm³/mol. The number of nitrogens with zero attached hydrogens (tertiary/aromatic N) is 1. The van der Waals surface area contributed by atoms with Gasteiger partial charge in [0, 0.05) is 41.4 Å². The Bertz CT molecular complexity index is 514. The molecule has 3 nitrogen and oxygen atoms in total. The highest BCUT2D eigenvalue weighted by Crippen LogP contribution is 2.30. The van der Waals surface area contributed by atoms with Gasteiger partial charge in [0.15, 0.2) is 0 Å². The Kier molecular flexibility index (Phi) is 5.20. The summed E-state index contributed by atoms with van der Waals surface area (Å²) in [4.78, 5) is 14.7. The molecule has 1 aliphatic heterocycles. The first-order chi connectivity index (χ1) is 9.93. The number of anilines is 1. The quantitative estimate of drug-likeness (QED) is 0.918. The molecule has 0 bridgehead atoms. The molecule has 0 saturated carbocycles. The molecule has 1 amide bonds. The maximum absolute atomic E-state index is 12.7. The van der Waals surface area contributed by atoms with Gasteiger partial charge in [-0.05, 0) is 51.0 Å². The van der Waals surface area contributed by atoms with E-state index in [1.54, 1.807) is 0 Å². The van der Waals surface area contributed by atoms with Crippen molar-refractivity contribution in [1.29, 1.82) is 0 Å². The van der Waals surface area contributed by atoms with Gasteiger partial charge in [0.2, 0.25) is 0 Å². The van der Waals surface area contributed by atoms with Crippen LogP contribution < -0.4 is 5.32 Å². The Morgan fingerprint density at radius 1 is 1.43 bits per heavy atom. The fourth-order valence-electron chi connectivity index (χ4n) is 2.63. The summed E-state index contributed by atoms with van der Waals surface area (Å²) in [7, 11) is 0. The lowest BCUT2D eigenvalue weighted by Gasteiger charge is -2.37. The number of carbonyl (C=O) groups is 1. The van der Waals surface area contributed by atoms with Crippen molar-refractivity contribution in [2.45, 2.75) is 38.9 Å². The molecule has 21 heavy (non-hydrogen) atoms. The van der Waals surface area contributed by atoms with Crippen molar-refractivity contribution in [3.8, 4) is 0 Å². The van der Waals surface area contributed by atoms with E-state index in [4.69, 9.17) is 0 Å². The SMILES string of the molecule is CCCNc1ccc(C(=O)N2CCSC(C)(C)C2)cc1C. The first kappa shape index (κ1) is 16.2. The highest BCUT2D eigenvalue weighted by atomic mass is 32.2. The normalized spacial score (nSPS) is 17.6. The molecule has 1 heterocycles. The Labute approximate surface area is 132 Å². The number of hydrogen-bond acceptors (Lipinski definition) is 3. The molecule has 2 rings (SSSR count). The summed E-state index contributed by atoms with van der Waals surface area (Å²) in [5.41, 5.74) is 3.07. The van der Waals surface area contributed by atoms with E-state index in [1.165, 1.54) is 0 Å². The van der Waals surface area contributed by atoms with Crippen molar-refractivity contribution in [2.75, 3.05) is 30.7 Å². The van der Waals surface area contributed by atoms with Crippen molar-refractivity contribution in [3.05, 3.63) is 29.3 Å². The molecular formula is C17H26N2OS. The topological polar surface area (TPSA) is 32.3 Å². The number of aryl methyl sites for hydroxylation is 1. The van der Waals surface area contributed by atoms with Crippen LogP contribution in [-0.2, 0) is 0 Å². The van der Waals surface area contributed by atoms with Crippen LogP contribution in [0.25, 0.3) is 0 Å². The standard InChI is InChI=1S/C17H26N2OS/c1-5-8-18-15-7-6-14(11-13(15)2)16(20)19-9-10-21-17(3,4)12-19/h6-7,11,18H,5,8-10,12H2,1-4H3. The molecule has 0 radical (unpaired) electrons. The molecule has 1 aromatic rings. The Morgan fingerprint density at radius 2 is 2.19 bits per heavy atom. The molecule has 1 fully saturated rings. The Hall–Kier alpha value is -1.16. The lowest BCUT2D eigenvalue weighted by atomic mass is 10.1. The smallest absolute Gasteiger partial charge is 0.253 e. The number of benzene rings is 1. The van der Waals surface area contributed by atoms with Crippen LogP contribution in [0, 0.1) is 6.92 Å². The van der Waals surface area contributed by atoms with E-state index in [1.807, 2.05) is 34.9 Å². The molecule has 1 saturated heterocycles. The summed E-state index contributed by atoms with van der Waals surface area (Å²) in [6, 6.07) is 5.99. The summed E-state index contributed by atoms with van der Waals surface area (Å²) in [5.74, 6) is 1.18. The van der Waals surface area contributed by atoms with Crippen LogP contribution in [0.3, 0.4) is 0 Å². The minimum Gasteiger partial charge on any atom is -0.385 e. The zero-order chi connectivity index (χ0) is 15.5. The Morgan fingerprint density at radius 3 is 2.81 bits per heavy atom. The van der Waals surface area contributed by atoms with E-state index in [9.17, 15) is 4.79 Å².